The van der Waals surface area contributed by atoms with E-state index in [1.54, 1.807) is 12.1 Å². The number of terminal acetylenes is 1. The van der Waals surface area contributed by atoms with Gasteiger partial charge in [-0.15, -0.1) is 36.3 Å². The fraction of sp³-hybridized carbons (Fsp3) is 0.400. The minimum Gasteiger partial charge on any atom is -0.370 e. The Morgan fingerprint density at radius 1 is 1.43 bits per heavy atom. The molecule has 1 aromatic carbocycles. The molecule has 6 heteroatoms. The van der Waals surface area contributed by atoms with Gasteiger partial charge in [-0.2, -0.15) is 0 Å². The molecule has 0 aliphatic rings. The summed E-state index contributed by atoms with van der Waals surface area (Å²) in [6, 6.07) is 5.36. The number of unbranched alkanes of at least 4 members (excludes halogenated alkanes) is 2. The number of nitrogens with two attached hydrogens (primary N) is 1. The number of hydrogen-bond donors (Lipinski definition) is 2. The Morgan fingerprint density at radius 2 is 2.14 bits per heavy atom. The SMILES string of the molecule is C#CCCCCN=C(N)NC(C)c1ccc(Cl)cc1Cl.I. The predicted molar refractivity (Wildman–Crippen MR) is 103 cm³/mol. The summed E-state index contributed by atoms with van der Waals surface area (Å²) in [6.45, 7) is 2.64. The maximum atomic E-state index is 6.15. The summed E-state index contributed by atoms with van der Waals surface area (Å²) in [4.78, 5) is 4.25. The van der Waals surface area contributed by atoms with E-state index in [2.05, 4.69) is 16.2 Å². The van der Waals surface area contributed by atoms with Crippen molar-refractivity contribution in [3.63, 3.8) is 0 Å². The minimum atomic E-state index is -0.0331. The molecule has 1 atom stereocenters. The molecule has 0 bridgehead atoms. The van der Waals surface area contributed by atoms with Crippen LogP contribution in [0.15, 0.2) is 23.2 Å². The molecule has 3 nitrogen and oxygen atoms in total. The maximum Gasteiger partial charge on any atom is 0.189 e. The van der Waals surface area contributed by atoms with Crippen LogP contribution >= 0.6 is 47.2 Å². The number of halogens is 3. The van der Waals surface area contributed by atoms with E-state index in [-0.39, 0.29) is 30.0 Å². The van der Waals surface area contributed by atoms with Crippen molar-refractivity contribution < 1.29 is 0 Å². The standard InChI is InChI=1S/C15H19Cl2N3.HI/c1-3-4-5-6-9-19-15(18)20-11(2)13-8-7-12(16)10-14(13)17;/h1,7-8,10-11H,4-6,9H2,2H3,(H3,18,19,20);1H. The van der Waals surface area contributed by atoms with Crippen molar-refractivity contribution in [1.29, 1.82) is 0 Å². The lowest BCUT2D eigenvalue weighted by molar-refractivity contribution is 0.701. The average Bonchev–Trinajstić information content (AvgIpc) is 2.38. The summed E-state index contributed by atoms with van der Waals surface area (Å²) in [6.07, 6.45) is 7.86. The van der Waals surface area contributed by atoms with Crippen LogP contribution in [-0.4, -0.2) is 12.5 Å². The molecular formula is C15H20Cl2IN3. The van der Waals surface area contributed by atoms with Crippen molar-refractivity contribution in [3.05, 3.63) is 33.8 Å². The second kappa shape index (κ2) is 11.0. The van der Waals surface area contributed by atoms with Gasteiger partial charge in [0.25, 0.3) is 0 Å². The van der Waals surface area contributed by atoms with E-state index in [4.69, 9.17) is 35.4 Å². The molecule has 1 aromatic rings. The van der Waals surface area contributed by atoms with E-state index in [9.17, 15) is 0 Å². The van der Waals surface area contributed by atoms with E-state index in [1.807, 2.05) is 13.0 Å². The maximum absolute atomic E-state index is 6.15. The van der Waals surface area contributed by atoms with Crippen molar-refractivity contribution in [2.24, 2.45) is 10.7 Å². The Bertz CT molecular complexity index is 512. The molecule has 116 valence electrons. The Morgan fingerprint density at radius 3 is 2.76 bits per heavy atom. The molecular weight excluding hydrogens is 420 g/mol. The third-order valence-corrected chi connectivity index (χ3v) is 3.37. The average molecular weight is 440 g/mol. The van der Waals surface area contributed by atoms with E-state index in [0.717, 1.165) is 24.8 Å². The lowest BCUT2D eigenvalue weighted by Crippen LogP contribution is -2.34. The summed E-state index contributed by atoms with van der Waals surface area (Å²) in [5, 5.41) is 4.33. The molecule has 0 heterocycles. The van der Waals surface area contributed by atoms with Gasteiger partial charge in [-0.1, -0.05) is 29.3 Å². The van der Waals surface area contributed by atoms with Crippen LogP contribution in [-0.2, 0) is 0 Å². The summed E-state index contributed by atoms with van der Waals surface area (Å²) < 4.78 is 0. The summed E-state index contributed by atoms with van der Waals surface area (Å²) in [5.74, 6) is 3.01. The van der Waals surface area contributed by atoms with E-state index in [0.29, 0.717) is 22.5 Å². The Hall–Kier alpha value is -0.640. The molecule has 0 aromatic heterocycles. The van der Waals surface area contributed by atoms with Gasteiger partial charge in [-0.3, -0.25) is 4.99 Å². The first kappa shape index (κ1) is 20.4. The second-order valence-corrected chi connectivity index (χ2v) is 5.30. The van der Waals surface area contributed by atoms with Gasteiger partial charge in [0.2, 0.25) is 0 Å². The topological polar surface area (TPSA) is 50.4 Å². The largest absolute Gasteiger partial charge is 0.370 e. The van der Waals surface area contributed by atoms with Gasteiger partial charge in [0, 0.05) is 23.0 Å². The molecule has 1 rings (SSSR count). The number of hydrogen-bond acceptors (Lipinski definition) is 1. The highest BCUT2D eigenvalue weighted by molar-refractivity contribution is 14.0. The first-order valence-electron chi connectivity index (χ1n) is 6.49. The molecule has 0 radical (unpaired) electrons. The quantitative estimate of drug-likeness (QED) is 0.227. The Balaban J connectivity index is 0.00000400. The van der Waals surface area contributed by atoms with Gasteiger partial charge in [0.15, 0.2) is 5.96 Å². The van der Waals surface area contributed by atoms with Crippen LogP contribution in [0.1, 0.15) is 37.8 Å². The number of guanidine groups is 1. The molecule has 0 spiro atoms. The summed E-state index contributed by atoms with van der Waals surface area (Å²) >= 11 is 12.0. The van der Waals surface area contributed by atoms with Crippen LogP contribution < -0.4 is 11.1 Å². The molecule has 3 N–H and O–H groups in total. The van der Waals surface area contributed by atoms with Crippen LogP contribution in [0, 0.1) is 12.3 Å². The number of nitrogens with one attached hydrogen (secondary N) is 1. The van der Waals surface area contributed by atoms with Crippen molar-refractivity contribution in [2.75, 3.05) is 6.54 Å². The second-order valence-electron chi connectivity index (χ2n) is 4.46. The van der Waals surface area contributed by atoms with Crippen LogP contribution in [0.5, 0.6) is 0 Å². The highest BCUT2D eigenvalue weighted by Crippen LogP contribution is 2.25. The van der Waals surface area contributed by atoms with Crippen molar-refractivity contribution in [3.8, 4) is 12.3 Å². The summed E-state index contributed by atoms with van der Waals surface area (Å²) in [7, 11) is 0. The van der Waals surface area contributed by atoms with Gasteiger partial charge >= 0.3 is 0 Å². The molecule has 0 fully saturated rings. The first-order valence-corrected chi connectivity index (χ1v) is 7.25. The smallest absolute Gasteiger partial charge is 0.189 e. The van der Waals surface area contributed by atoms with E-state index >= 15 is 0 Å². The van der Waals surface area contributed by atoms with E-state index < -0.39 is 0 Å². The molecule has 0 amide bonds. The molecule has 0 saturated carbocycles. The number of nitrogens with zero attached hydrogens (tertiary/aromatic N) is 1. The number of benzene rings is 1. The molecule has 0 saturated heterocycles. The van der Waals surface area contributed by atoms with Gasteiger partial charge in [0.1, 0.15) is 0 Å². The third-order valence-electron chi connectivity index (χ3n) is 2.80. The molecule has 0 aliphatic heterocycles. The molecule has 1 unspecified atom stereocenters. The zero-order valence-corrected chi connectivity index (χ0v) is 15.7. The third kappa shape index (κ3) is 7.79. The highest BCUT2D eigenvalue weighted by Gasteiger charge is 2.10. The van der Waals surface area contributed by atoms with Crippen molar-refractivity contribution >= 4 is 53.1 Å². The van der Waals surface area contributed by atoms with Crippen LogP contribution in [0.25, 0.3) is 0 Å². The van der Waals surface area contributed by atoms with Crippen molar-refractivity contribution in [1.82, 2.24) is 5.32 Å². The fourth-order valence-corrected chi connectivity index (χ4v) is 2.31. The predicted octanol–water partition coefficient (Wildman–Crippen LogP) is 4.38. The molecule has 0 aliphatic carbocycles. The zero-order chi connectivity index (χ0) is 15.0. The minimum absolute atomic E-state index is 0. The Labute approximate surface area is 153 Å². The van der Waals surface area contributed by atoms with E-state index in [1.165, 1.54) is 0 Å². The van der Waals surface area contributed by atoms with Gasteiger partial charge in [-0.05, 0) is 37.5 Å². The van der Waals surface area contributed by atoms with Gasteiger partial charge in [-0.25, -0.2) is 0 Å². The molecule has 21 heavy (non-hydrogen) atoms. The normalized spacial score (nSPS) is 12.2. The number of aliphatic imine (C=N–C) groups is 1. The lowest BCUT2D eigenvalue weighted by Gasteiger charge is -2.16. The monoisotopic (exact) mass is 439 g/mol. The van der Waals surface area contributed by atoms with Gasteiger partial charge < -0.3 is 11.1 Å². The first-order chi connectivity index (χ1) is 9.54. The van der Waals surface area contributed by atoms with Crippen LogP contribution in [0.3, 0.4) is 0 Å². The van der Waals surface area contributed by atoms with Crippen LogP contribution in [0.4, 0.5) is 0 Å². The van der Waals surface area contributed by atoms with Crippen LogP contribution in [0.2, 0.25) is 10.0 Å². The zero-order valence-electron chi connectivity index (χ0n) is 11.9. The Kier molecular flexibility index (Phi) is 10.7. The highest BCUT2D eigenvalue weighted by atomic mass is 127. The number of rotatable bonds is 6. The lowest BCUT2D eigenvalue weighted by atomic mass is 10.1. The van der Waals surface area contributed by atoms with Crippen molar-refractivity contribution in [2.45, 2.75) is 32.2 Å². The van der Waals surface area contributed by atoms with Gasteiger partial charge in [0.05, 0.1) is 6.04 Å². The fourth-order valence-electron chi connectivity index (χ4n) is 1.74. The summed E-state index contributed by atoms with van der Waals surface area (Å²) in [5.41, 5.74) is 6.77.